The molecular formula is C15H17NO3S2. The predicted molar refractivity (Wildman–Crippen MR) is 89.4 cm³/mol. The van der Waals surface area contributed by atoms with Crippen molar-refractivity contribution >= 4 is 40.3 Å². The molecule has 1 aliphatic rings. The normalized spacial score (nSPS) is 16.9. The van der Waals surface area contributed by atoms with Crippen LogP contribution in [0.3, 0.4) is 0 Å². The van der Waals surface area contributed by atoms with E-state index in [1.807, 2.05) is 37.3 Å². The summed E-state index contributed by atoms with van der Waals surface area (Å²) in [7, 11) is 1.60. The maximum Gasteiger partial charge on any atom is 0.266 e. The fourth-order valence-corrected chi connectivity index (χ4v) is 3.20. The summed E-state index contributed by atoms with van der Waals surface area (Å²) in [5.41, 5.74) is 0.881. The molecule has 1 aromatic carbocycles. The summed E-state index contributed by atoms with van der Waals surface area (Å²) in [5, 5.41) is 0. The van der Waals surface area contributed by atoms with Crippen LogP contribution in [0, 0.1) is 0 Å². The second-order valence-electron chi connectivity index (χ2n) is 4.30. The molecule has 6 heteroatoms. The summed E-state index contributed by atoms with van der Waals surface area (Å²) in [6, 6.07) is 7.64. The van der Waals surface area contributed by atoms with Crippen molar-refractivity contribution in [1.82, 2.24) is 4.90 Å². The van der Waals surface area contributed by atoms with Gasteiger partial charge < -0.3 is 9.47 Å². The van der Waals surface area contributed by atoms with Crippen molar-refractivity contribution in [1.29, 1.82) is 0 Å². The molecule has 1 fully saturated rings. The van der Waals surface area contributed by atoms with Crippen molar-refractivity contribution in [2.24, 2.45) is 0 Å². The van der Waals surface area contributed by atoms with Gasteiger partial charge in [-0.15, -0.1) is 0 Å². The Labute approximate surface area is 134 Å². The lowest BCUT2D eigenvalue weighted by molar-refractivity contribution is -0.122. The lowest BCUT2D eigenvalue weighted by Crippen LogP contribution is -2.31. The second kappa shape index (κ2) is 7.59. The van der Waals surface area contributed by atoms with Crippen LogP contribution in [0.2, 0.25) is 0 Å². The first-order chi connectivity index (χ1) is 10.2. The highest BCUT2D eigenvalue weighted by atomic mass is 32.2. The van der Waals surface area contributed by atoms with E-state index in [4.69, 9.17) is 21.7 Å². The molecule has 0 radical (unpaired) electrons. The SMILES string of the molecule is CCOc1ccccc1/C=C1\SC(=S)N(CCOC)C1=O. The maximum atomic E-state index is 12.3. The van der Waals surface area contributed by atoms with Gasteiger partial charge in [0.15, 0.2) is 0 Å². The third kappa shape index (κ3) is 3.84. The zero-order valence-corrected chi connectivity index (χ0v) is 13.6. The molecule has 0 bridgehead atoms. The van der Waals surface area contributed by atoms with Crippen LogP contribution >= 0.6 is 24.0 Å². The molecule has 1 aliphatic heterocycles. The van der Waals surface area contributed by atoms with E-state index in [0.717, 1.165) is 11.3 Å². The number of para-hydroxylation sites is 1. The quantitative estimate of drug-likeness (QED) is 0.594. The van der Waals surface area contributed by atoms with Gasteiger partial charge in [-0.2, -0.15) is 0 Å². The Morgan fingerprint density at radius 2 is 2.14 bits per heavy atom. The Hall–Kier alpha value is -1.37. The van der Waals surface area contributed by atoms with Crippen LogP contribution in [0.15, 0.2) is 29.2 Å². The van der Waals surface area contributed by atoms with E-state index in [-0.39, 0.29) is 5.91 Å². The molecule has 0 spiro atoms. The molecule has 1 amide bonds. The number of thiocarbonyl (C=S) groups is 1. The molecule has 112 valence electrons. The molecule has 21 heavy (non-hydrogen) atoms. The first kappa shape index (κ1) is 16.0. The van der Waals surface area contributed by atoms with Crippen LogP contribution < -0.4 is 4.74 Å². The summed E-state index contributed by atoms with van der Waals surface area (Å²) in [4.78, 5) is 14.5. The number of hydrogen-bond acceptors (Lipinski definition) is 5. The second-order valence-corrected chi connectivity index (χ2v) is 5.97. The van der Waals surface area contributed by atoms with E-state index in [0.29, 0.717) is 29.0 Å². The van der Waals surface area contributed by atoms with Gasteiger partial charge in [-0.25, -0.2) is 0 Å². The molecule has 0 aromatic heterocycles. The van der Waals surface area contributed by atoms with E-state index >= 15 is 0 Å². The van der Waals surface area contributed by atoms with Crippen LogP contribution in [0.1, 0.15) is 12.5 Å². The first-order valence-corrected chi connectivity index (χ1v) is 7.86. The molecule has 0 aliphatic carbocycles. The van der Waals surface area contributed by atoms with Crippen LogP contribution in [0.5, 0.6) is 5.75 Å². The van der Waals surface area contributed by atoms with E-state index in [2.05, 4.69) is 0 Å². The number of hydrogen-bond donors (Lipinski definition) is 0. The number of rotatable bonds is 6. The Bertz CT molecular complexity index is 572. The summed E-state index contributed by atoms with van der Waals surface area (Å²) in [6.45, 7) is 3.46. The van der Waals surface area contributed by atoms with Crippen molar-refractivity contribution < 1.29 is 14.3 Å². The Morgan fingerprint density at radius 1 is 1.38 bits per heavy atom. The zero-order chi connectivity index (χ0) is 15.2. The molecule has 2 rings (SSSR count). The van der Waals surface area contributed by atoms with Crippen LogP contribution in [0.25, 0.3) is 6.08 Å². The Kier molecular flexibility index (Phi) is 5.78. The monoisotopic (exact) mass is 323 g/mol. The molecule has 1 saturated heterocycles. The van der Waals surface area contributed by atoms with Crippen molar-refractivity contribution in [2.45, 2.75) is 6.92 Å². The van der Waals surface area contributed by atoms with Crippen LogP contribution in [-0.2, 0) is 9.53 Å². The van der Waals surface area contributed by atoms with Gasteiger partial charge in [0.1, 0.15) is 10.1 Å². The van der Waals surface area contributed by atoms with Gasteiger partial charge in [-0.05, 0) is 19.1 Å². The molecule has 1 heterocycles. The Morgan fingerprint density at radius 3 is 2.86 bits per heavy atom. The average Bonchev–Trinajstić information content (AvgIpc) is 2.74. The minimum atomic E-state index is -0.0756. The van der Waals surface area contributed by atoms with Crippen molar-refractivity contribution in [2.75, 3.05) is 26.9 Å². The number of benzene rings is 1. The number of ether oxygens (including phenoxy) is 2. The molecule has 0 saturated carbocycles. The van der Waals surface area contributed by atoms with Gasteiger partial charge in [-0.3, -0.25) is 9.69 Å². The third-order valence-electron chi connectivity index (χ3n) is 2.90. The highest BCUT2D eigenvalue weighted by Crippen LogP contribution is 2.34. The fourth-order valence-electron chi connectivity index (χ4n) is 1.90. The van der Waals surface area contributed by atoms with Crippen LogP contribution in [-0.4, -0.2) is 42.0 Å². The standard InChI is InChI=1S/C15H17NO3S2/c1-3-19-12-7-5-4-6-11(12)10-13-14(17)16(8-9-18-2)15(20)21-13/h4-7,10H,3,8-9H2,1-2H3/b13-10-. The molecule has 0 atom stereocenters. The summed E-state index contributed by atoms with van der Waals surface area (Å²) in [5.74, 6) is 0.690. The summed E-state index contributed by atoms with van der Waals surface area (Å²) >= 11 is 6.56. The van der Waals surface area contributed by atoms with E-state index in [1.165, 1.54) is 11.8 Å². The molecule has 0 unspecified atom stereocenters. The molecule has 1 aromatic rings. The molecule has 4 nitrogen and oxygen atoms in total. The topological polar surface area (TPSA) is 38.8 Å². The van der Waals surface area contributed by atoms with E-state index < -0.39 is 0 Å². The molecular weight excluding hydrogens is 306 g/mol. The predicted octanol–water partition coefficient (Wildman–Crippen LogP) is 2.93. The van der Waals surface area contributed by atoms with E-state index in [1.54, 1.807) is 12.0 Å². The van der Waals surface area contributed by atoms with Gasteiger partial charge in [0, 0.05) is 12.7 Å². The highest BCUT2D eigenvalue weighted by Gasteiger charge is 2.31. The van der Waals surface area contributed by atoms with Gasteiger partial charge in [-0.1, -0.05) is 42.2 Å². The number of carbonyl (C=O) groups excluding carboxylic acids is 1. The number of amides is 1. The fraction of sp³-hybridized carbons (Fsp3) is 0.333. The number of thioether (sulfide) groups is 1. The van der Waals surface area contributed by atoms with E-state index in [9.17, 15) is 4.79 Å². The van der Waals surface area contributed by atoms with Crippen molar-refractivity contribution in [3.05, 3.63) is 34.7 Å². The minimum absolute atomic E-state index is 0.0756. The van der Waals surface area contributed by atoms with Crippen molar-refractivity contribution in [3.63, 3.8) is 0 Å². The molecule has 0 N–H and O–H groups in total. The number of nitrogens with zero attached hydrogens (tertiary/aromatic N) is 1. The third-order valence-corrected chi connectivity index (χ3v) is 4.28. The van der Waals surface area contributed by atoms with Crippen LogP contribution in [0.4, 0.5) is 0 Å². The zero-order valence-electron chi connectivity index (χ0n) is 12.0. The lowest BCUT2D eigenvalue weighted by atomic mass is 10.2. The average molecular weight is 323 g/mol. The largest absolute Gasteiger partial charge is 0.493 e. The first-order valence-electron chi connectivity index (χ1n) is 6.63. The van der Waals surface area contributed by atoms with Gasteiger partial charge in [0.2, 0.25) is 0 Å². The lowest BCUT2D eigenvalue weighted by Gasteiger charge is -2.13. The number of carbonyl (C=O) groups is 1. The Balaban J connectivity index is 2.22. The highest BCUT2D eigenvalue weighted by molar-refractivity contribution is 8.26. The van der Waals surface area contributed by atoms with Gasteiger partial charge >= 0.3 is 0 Å². The van der Waals surface area contributed by atoms with Crippen molar-refractivity contribution in [3.8, 4) is 5.75 Å². The maximum absolute atomic E-state index is 12.3. The van der Waals surface area contributed by atoms with Gasteiger partial charge in [0.05, 0.1) is 24.7 Å². The minimum Gasteiger partial charge on any atom is -0.493 e. The van der Waals surface area contributed by atoms with Gasteiger partial charge in [0.25, 0.3) is 5.91 Å². The summed E-state index contributed by atoms with van der Waals surface area (Å²) < 4.78 is 11.1. The smallest absolute Gasteiger partial charge is 0.266 e. The summed E-state index contributed by atoms with van der Waals surface area (Å²) in [6.07, 6.45) is 1.83. The number of methoxy groups -OCH3 is 1.